The van der Waals surface area contributed by atoms with Crippen molar-refractivity contribution in [3.8, 4) is 23.7 Å². The molecule has 0 unspecified atom stereocenters. The number of hydrogen-bond acceptors (Lipinski definition) is 3. The zero-order valence-corrected chi connectivity index (χ0v) is 8.38. The Bertz CT molecular complexity index is 490. The topological polar surface area (TPSA) is 43.6 Å². The fraction of sp³-hybridized carbons (Fsp3) is 0.182. The maximum atomic E-state index is 5.22. The summed E-state index contributed by atoms with van der Waals surface area (Å²) in [5, 5.41) is 11.4. The molecule has 1 aromatic heterocycles. The van der Waals surface area contributed by atoms with Gasteiger partial charge in [-0.2, -0.15) is 0 Å². The van der Waals surface area contributed by atoms with Gasteiger partial charge in [0.1, 0.15) is 6.54 Å². The van der Waals surface area contributed by atoms with Gasteiger partial charge in [-0.25, -0.2) is 4.68 Å². The molecule has 0 radical (unpaired) electrons. The molecule has 0 N–H and O–H groups in total. The monoisotopic (exact) mass is 198 g/mol. The minimum atomic E-state index is 0.385. The standard InChI is InChI=1S/C11H10N4/c1-3-8-15-11(12-13-14-15)10-6-4-9(2)5-7-10/h1,4-7H,8H2,2H3. The van der Waals surface area contributed by atoms with Gasteiger partial charge in [0.2, 0.25) is 0 Å². The highest BCUT2D eigenvalue weighted by atomic mass is 15.5. The number of aryl methyl sites for hydroxylation is 1. The molecule has 0 saturated carbocycles. The Kier molecular flexibility index (Phi) is 2.46. The first-order chi connectivity index (χ1) is 7.31. The second-order valence-corrected chi connectivity index (χ2v) is 3.23. The van der Waals surface area contributed by atoms with Crippen molar-refractivity contribution >= 4 is 0 Å². The molecular formula is C11H10N4. The Morgan fingerprint density at radius 1 is 1.33 bits per heavy atom. The molecule has 0 aliphatic carbocycles. The van der Waals surface area contributed by atoms with Crippen molar-refractivity contribution in [3.05, 3.63) is 29.8 Å². The van der Waals surface area contributed by atoms with Crippen LogP contribution >= 0.6 is 0 Å². The van der Waals surface area contributed by atoms with E-state index in [9.17, 15) is 0 Å². The average Bonchev–Trinajstić information content (AvgIpc) is 2.68. The van der Waals surface area contributed by atoms with Gasteiger partial charge in [0.05, 0.1) is 0 Å². The fourth-order valence-electron chi connectivity index (χ4n) is 1.31. The normalized spacial score (nSPS) is 9.87. The van der Waals surface area contributed by atoms with Crippen LogP contribution in [0.1, 0.15) is 5.56 Å². The maximum absolute atomic E-state index is 5.22. The van der Waals surface area contributed by atoms with Gasteiger partial charge < -0.3 is 0 Å². The van der Waals surface area contributed by atoms with E-state index in [4.69, 9.17) is 6.42 Å². The van der Waals surface area contributed by atoms with Crippen LogP contribution in [0.25, 0.3) is 11.4 Å². The van der Waals surface area contributed by atoms with Crippen LogP contribution in [0, 0.1) is 19.3 Å². The van der Waals surface area contributed by atoms with Gasteiger partial charge in [0.15, 0.2) is 5.82 Å². The highest BCUT2D eigenvalue weighted by molar-refractivity contribution is 5.54. The molecule has 0 aliphatic heterocycles. The molecule has 15 heavy (non-hydrogen) atoms. The highest BCUT2D eigenvalue weighted by Crippen LogP contribution is 2.15. The molecule has 0 fully saturated rings. The molecule has 74 valence electrons. The predicted molar refractivity (Wildman–Crippen MR) is 56.8 cm³/mol. The molecular weight excluding hydrogens is 188 g/mol. The van der Waals surface area contributed by atoms with Crippen LogP contribution in [0.5, 0.6) is 0 Å². The van der Waals surface area contributed by atoms with Crippen molar-refractivity contribution < 1.29 is 0 Å². The van der Waals surface area contributed by atoms with Crippen molar-refractivity contribution in [2.24, 2.45) is 0 Å². The van der Waals surface area contributed by atoms with Gasteiger partial charge in [-0.15, -0.1) is 11.5 Å². The van der Waals surface area contributed by atoms with E-state index in [1.807, 2.05) is 31.2 Å². The molecule has 1 aromatic carbocycles. The number of terminal acetylenes is 1. The summed E-state index contributed by atoms with van der Waals surface area (Å²) in [4.78, 5) is 0. The minimum Gasteiger partial charge on any atom is -0.213 e. The summed E-state index contributed by atoms with van der Waals surface area (Å²) in [6.45, 7) is 2.42. The van der Waals surface area contributed by atoms with Crippen LogP contribution < -0.4 is 0 Å². The molecule has 0 atom stereocenters. The summed E-state index contributed by atoms with van der Waals surface area (Å²) in [5.41, 5.74) is 2.18. The third-order valence-electron chi connectivity index (χ3n) is 2.08. The Morgan fingerprint density at radius 3 is 2.73 bits per heavy atom. The fourth-order valence-corrected chi connectivity index (χ4v) is 1.31. The molecule has 0 bridgehead atoms. The van der Waals surface area contributed by atoms with Crippen molar-refractivity contribution in [3.63, 3.8) is 0 Å². The summed E-state index contributed by atoms with van der Waals surface area (Å²) in [7, 11) is 0. The predicted octanol–water partition coefficient (Wildman–Crippen LogP) is 1.28. The third-order valence-corrected chi connectivity index (χ3v) is 2.08. The first-order valence-corrected chi connectivity index (χ1v) is 4.58. The smallest absolute Gasteiger partial charge is 0.182 e. The third kappa shape index (κ3) is 1.86. The van der Waals surface area contributed by atoms with E-state index in [-0.39, 0.29) is 0 Å². The molecule has 2 rings (SSSR count). The summed E-state index contributed by atoms with van der Waals surface area (Å²) in [6.07, 6.45) is 5.22. The van der Waals surface area contributed by atoms with E-state index in [0.29, 0.717) is 12.4 Å². The van der Waals surface area contributed by atoms with E-state index >= 15 is 0 Å². The lowest BCUT2D eigenvalue weighted by Crippen LogP contribution is -2.00. The number of aromatic nitrogens is 4. The van der Waals surface area contributed by atoms with Crippen LogP contribution in [-0.4, -0.2) is 20.2 Å². The average molecular weight is 198 g/mol. The SMILES string of the molecule is C#CCn1nnnc1-c1ccc(C)cc1. The summed E-state index contributed by atoms with van der Waals surface area (Å²) in [6, 6.07) is 8.00. The van der Waals surface area contributed by atoms with E-state index in [1.54, 1.807) is 4.68 Å². The van der Waals surface area contributed by atoms with Crippen LogP contribution in [0.15, 0.2) is 24.3 Å². The minimum absolute atomic E-state index is 0.385. The number of rotatable bonds is 2. The second-order valence-electron chi connectivity index (χ2n) is 3.23. The van der Waals surface area contributed by atoms with Crippen molar-refractivity contribution in [2.45, 2.75) is 13.5 Å². The maximum Gasteiger partial charge on any atom is 0.182 e. The van der Waals surface area contributed by atoms with Crippen molar-refractivity contribution in [1.29, 1.82) is 0 Å². The zero-order chi connectivity index (χ0) is 10.7. The van der Waals surface area contributed by atoms with Gasteiger partial charge in [-0.1, -0.05) is 35.7 Å². The molecule has 4 heteroatoms. The van der Waals surface area contributed by atoms with Gasteiger partial charge in [0.25, 0.3) is 0 Å². The van der Waals surface area contributed by atoms with Gasteiger partial charge in [-0.05, 0) is 17.4 Å². The number of benzene rings is 1. The van der Waals surface area contributed by atoms with Gasteiger partial charge >= 0.3 is 0 Å². The summed E-state index contributed by atoms with van der Waals surface area (Å²) >= 11 is 0. The molecule has 0 aliphatic rings. The molecule has 0 amide bonds. The number of hydrogen-bond donors (Lipinski definition) is 0. The lowest BCUT2D eigenvalue weighted by atomic mass is 10.1. The van der Waals surface area contributed by atoms with Crippen molar-refractivity contribution in [2.75, 3.05) is 0 Å². The Labute approximate surface area is 87.9 Å². The number of tetrazole rings is 1. The van der Waals surface area contributed by atoms with Crippen LogP contribution in [0.2, 0.25) is 0 Å². The molecule has 4 nitrogen and oxygen atoms in total. The highest BCUT2D eigenvalue weighted by Gasteiger charge is 2.06. The van der Waals surface area contributed by atoms with E-state index in [0.717, 1.165) is 5.56 Å². The second kappa shape index (κ2) is 3.93. The van der Waals surface area contributed by atoms with E-state index < -0.39 is 0 Å². The van der Waals surface area contributed by atoms with Crippen LogP contribution in [-0.2, 0) is 6.54 Å². The van der Waals surface area contributed by atoms with Gasteiger partial charge in [-0.3, -0.25) is 0 Å². The van der Waals surface area contributed by atoms with E-state index in [2.05, 4.69) is 21.4 Å². The Morgan fingerprint density at radius 2 is 2.07 bits per heavy atom. The first kappa shape index (κ1) is 9.41. The lowest BCUT2D eigenvalue weighted by Gasteiger charge is -2.00. The molecule has 2 aromatic rings. The lowest BCUT2D eigenvalue weighted by molar-refractivity contribution is 0.675. The van der Waals surface area contributed by atoms with Crippen molar-refractivity contribution in [1.82, 2.24) is 20.2 Å². The summed E-state index contributed by atoms with van der Waals surface area (Å²) < 4.78 is 1.60. The molecule has 0 spiro atoms. The number of nitrogens with zero attached hydrogens (tertiary/aromatic N) is 4. The summed E-state index contributed by atoms with van der Waals surface area (Å²) in [5.74, 6) is 3.21. The quantitative estimate of drug-likeness (QED) is 0.683. The van der Waals surface area contributed by atoms with E-state index in [1.165, 1.54) is 5.56 Å². The van der Waals surface area contributed by atoms with Crippen LogP contribution in [0.4, 0.5) is 0 Å². The largest absolute Gasteiger partial charge is 0.213 e. The Balaban J connectivity index is 2.41. The zero-order valence-electron chi connectivity index (χ0n) is 8.38. The molecule has 1 heterocycles. The first-order valence-electron chi connectivity index (χ1n) is 4.58. The Hall–Kier alpha value is -2.15. The molecule has 0 saturated heterocycles. The van der Waals surface area contributed by atoms with Gasteiger partial charge in [0, 0.05) is 5.56 Å². The van der Waals surface area contributed by atoms with Crippen LogP contribution in [0.3, 0.4) is 0 Å².